The van der Waals surface area contributed by atoms with Crippen LogP contribution in [0.15, 0.2) is 24.3 Å². The molecule has 0 amide bonds. The van der Waals surface area contributed by atoms with Gasteiger partial charge >= 0.3 is 17.9 Å². The number of methoxy groups -OCH3 is 1. The summed E-state index contributed by atoms with van der Waals surface area (Å²) < 4.78 is 9.43. The van der Waals surface area contributed by atoms with Gasteiger partial charge in [0.2, 0.25) is 6.10 Å². The maximum atomic E-state index is 11.5. The van der Waals surface area contributed by atoms with Gasteiger partial charge in [-0.2, -0.15) is 0 Å². The summed E-state index contributed by atoms with van der Waals surface area (Å²) in [6.07, 6.45) is -0.334. The Hall–Kier alpha value is -3.03. The fraction of sp³-hybridized carbons (Fsp3) is 0.214. The van der Waals surface area contributed by atoms with Gasteiger partial charge in [-0.25, -0.2) is 9.59 Å². The minimum absolute atomic E-state index is 0.0744. The van der Waals surface area contributed by atoms with Crippen LogP contribution in [-0.2, 0) is 19.1 Å². The quantitative estimate of drug-likeness (QED) is 0.500. The molecule has 0 aromatic heterocycles. The molecule has 0 aliphatic carbocycles. The molecule has 0 saturated heterocycles. The molecule has 3 N–H and O–H groups in total. The molecular weight excluding hydrogens is 296 g/mol. The lowest BCUT2D eigenvalue weighted by molar-refractivity contribution is -0.164. The first kappa shape index (κ1) is 17.0. The highest BCUT2D eigenvalue weighted by molar-refractivity contribution is 5.90. The number of phenolic OH excluding ortho intramolecular Hbond substituents is 1. The van der Waals surface area contributed by atoms with Crippen molar-refractivity contribution in [1.82, 2.24) is 0 Å². The van der Waals surface area contributed by atoms with E-state index in [-0.39, 0.29) is 11.5 Å². The average Bonchev–Trinajstić information content (AvgIpc) is 2.45. The highest BCUT2D eigenvalue weighted by atomic mass is 16.6. The van der Waals surface area contributed by atoms with Crippen molar-refractivity contribution in [2.45, 2.75) is 12.5 Å². The van der Waals surface area contributed by atoms with Crippen LogP contribution in [0.1, 0.15) is 12.0 Å². The van der Waals surface area contributed by atoms with E-state index >= 15 is 0 Å². The van der Waals surface area contributed by atoms with Crippen molar-refractivity contribution >= 4 is 24.0 Å². The molecule has 22 heavy (non-hydrogen) atoms. The molecule has 0 radical (unpaired) electrons. The van der Waals surface area contributed by atoms with Crippen LogP contribution in [0, 0.1) is 0 Å². The van der Waals surface area contributed by atoms with E-state index in [1.54, 1.807) is 0 Å². The van der Waals surface area contributed by atoms with Gasteiger partial charge in [-0.3, -0.25) is 4.79 Å². The summed E-state index contributed by atoms with van der Waals surface area (Å²) in [5, 5.41) is 26.7. The summed E-state index contributed by atoms with van der Waals surface area (Å²) in [4.78, 5) is 32.7. The van der Waals surface area contributed by atoms with Gasteiger partial charge in [0.25, 0.3) is 0 Å². The van der Waals surface area contributed by atoms with E-state index < -0.39 is 30.4 Å². The molecule has 0 heterocycles. The summed E-state index contributed by atoms with van der Waals surface area (Å²) in [6, 6.07) is 4.30. The van der Waals surface area contributed by atoms with Gasteiger partial charge in [-0.15, -0.1) is 0 Å². The Morgan fingerprint density at radius 2 is 1.95 bits per heavy atom. The molecule has 118 valence electrons. The number of phenols is 1. The largest absolute Gasteiger partial charge is 0.504 e. The lowest BCUT2D eigenvalue weighted by Gasteiger charge is -2.09. The number of aromatic hydroxyl groups is 1. The molecule has 0 aliphatic rings. The molecule has 0 unspecified atom stereocenters. The van der Waals surface area contributed by atoms with Gasteiger partial charge in [-0.1, -0.05) is 6.07 Å². The molecule has 0 spiro atoms. The maximum absolute atomic E-state index is 11.5. The number of benzene rings is 1. The zero-order chi connectivity index (χ0) is 16.7. The van der Waals surface area contributed by atoms with Crippen LogP contribution < -0.4 is 4.74 Å². The zero-order valence-electron chi connectivity index (χ0n) is 11.6. The fourth-order valence-corrected chi connectivity index (χ4v) is 1.48. The van der Waals surface area contributed by atoms with Gasteiger partial charge in [0.15, 0.2) is 11.5 Å². The third-order valence-electron chi connectivity index (χ3n) is 2.51. The minimum Gasteiger partial charge on any atom is -0.504 e. The van der Waals surface area contributed by atoms with Gasteiger partial charge in [0.1, 0.15) is 0 Å². The minimum atomic E-state index is -1.76. The average molecular weight is 310 g/mol. The van der Waals surface area contributed by atoms with Crippen LogP contribution in [0.3, 0.4) is 0 Å². The fourth-order valence-electron chi connectivity index (χ4n) is 1.48. The Kier molecular flexibility index (Phi) is 5.94. The second-order valence-electron chi connectivity index (χ2n) is 4.13. The molecule has 0 saturated carbocycles. The van der Waals surface area contributed by atoms with Crippen molar-refractivity contribution in [1.29, 1.82) is 0 Å². The molecule has 1 aromatic carbocycles. The first-order valence-electron chi connectivity index (χ1n) is 6.03. The first-order chi connectivity index (χ1) is 10.3. The number of rotatable bonds is 7. The zero-order valence-corrected chi connectivity index (χ0v) is 11.6. The summed E-state index contributed by atoms with van der Waals surface area (Å²) in [6.45, 7) is 0. The summed E-state index contributed by atoms with van der Waals surface area (Å²) in [5.74, 6) is -3.82. The predicted molar refractivity (Wildman–Crippen MR) is 73.5 cm³/mol. The third kappa shape index (κ3) is 5.16. The van der Waals surface area contributed by atoms with Gasteiger partial charge < -0.3 is 24.8 Å². The lowest BCUT2D eigenvalue weighted by atomic mass is 10.2. The van der Waals surface area contributed by atoms with Crippen molar-refractivity contribution in [3.05, 3.63) is 29.8 Å². The molecular formula is C14H14O8. The smallest absolute Gasteiger partial charge is 0.345 e. The van der Waals surface area contributed by atoms with E-state index in [1.165, 1.54) is 31.4 Å². The van der Waals surface area contributed by atoms with Crippen LogP contribution in [0.4, 0.5) is 0 Å². The van der Waals surface area contributed by atoms with Gasteiger partial charge in [-0.05, 0) is 23.8 Å². The first-order valence-corrected chi connectivity index (χ1v) is 6.03. The topological polar surface area (TPSA) is 130 Å². The number of carbonyl (C=O) groups excluding carboxylic acids is 1. The number of hydrogen-bond donors (Lipinski definition) is 3. The molecule has 1 rings (SSSR count). The highest BCUT2D eigenvalue weighted by Gasteiger charge is 2.24. The standard InChI is InChI=1S/C14H14O8/c1-21-10-6-8(2-4-9(10)15)3-5-13(18)22-11(14(19)20)7-12(16)17/h2-6,11,15H,7H2,1H3,(H,16,17)(H,19,20)/t11-/m1/s1. The van der Waals surface area contributed by atoms with Crippen LogP contribution >= 0.6 is 0 Å². The van der Waals surface area contributed by atoms with Crippen molar-refractivity contribution in [3.8, 4) is 11.5 Å². The molecule has 8 nitrogen and oxygen atoms in total. The monoisotopic (exact) mass is 310 g/mol. The van der Waals surface area contributed by atoms with E-state index in [9.17, 15) is 19.5 Å². The number of hydrogen-bond acceptors (Lipinski definition) is 6. The van der Waals surface area contributed by atoms with Gasteiger partial charge in [0.05, 0.1) is 13.5 Å². The van der Waals surface area contributed by atoms with Crippen molar-refractivity contribution in [3.63, 3.8) is 0 Å². The van der Waals surface area contributed by atoms with E-state index in [1.807, 2.05) is 0 Å². The number of ether oxygens (including phenoxy) is 2. The Morgan fingerprint density at radius 1 is 1.27 bits per heavy atom. The van der Waals surface area contributed by atoms with Crippen molar-refractivity contribution < 1.29 is 39.2 Å². The van der Waals surface area contributed by atoms with Crippen LogP contribution in [0.2, 0.25) is 0 Å². The van der Waals surface area contributed by atoms with E-state index in [4.69, 9.17) is 14.9 Å². The molecule has 0 aliphatic heterocycles. The van der Waals surface area contributed by atoms with Crippen LogP contribution in [-0.4, -0.2) is 46.4 Å². The molecule has 1 aromatic rings. The van der Waals surface area contributed by atoms with Crippen molar-refractivity contribution in [2.75, 3.05) is 7.11 Å². The summed E-state index contributed by atoms with van der Waals surface area (Å²) in [5.41, 5.74) is 0.497. The Bertz CT molecular complexity index is 605. The number of aliphatic carboxylic acids is 2. The van der Waals surface area contributed by atoms with Crippen LogP contribution in [0.25, 0.3) is 6.08 Å². The number of carbonyl (C=O) groups is 3. The van der Waals surface area contributed by atoms with E-state index in [2.05, 4.69) is 4.74 Å². The second-order valence-corrected chi connectivity index (χ2v) is 4.13. The Morgan fingerprint density at radius 3 is 2.50 bits per heavy atom. The van der Waals surface area contributed by atoms with E-state index in [0.29, 0.717) is 5.56 Å². The Balaban J connectivity index is 2.74. The Labute approximate surface area is 125 Å². The summed E-state index contributed by atoms with van der Waals surface area (Å²) >= 11 is 0. The molecule has 1 atom stereocenters. The SMILES string of the molecule is COc1cc(C=CC(=O)O[C@H](CC(=O)O)C(=O)O)ccc1O. The lowest BCUT2D eigenvalue weighted by Crippen LogP contribution is -2.28. The number of carboxylic acids is 2. The van der Waals surface area contributed by atoms with Gasteiger partial charge in [0, 0.05) is 6.08 Å². The molecule has 0 bridgehead atoms. The normalized spacial score (nSPS) is 11.9. The van der Waals surface area contributed by atoms with Crippen LogP contribution in [0.5, 0.6) is 11.5 Å². The molecule has 0 fully saturated rings. The third-order valence-corrected chi connectivity index (χ3v) is 2.51. The number of esters is 1. The maximum Gasteiger partial charge on any atom is 0.345 e. The van der Waals surface area contributed by atoms with Crippen molar-refractivity contribution in [2.24, 2.45) is 0 Å². The number of carboxylic acid groups (broad SMARTS) is 2. The second kappa shape index (κ2) is 7.67. The summed E-state index contributed by atoms with van der Waals surface area (Å²) in [7, 11) is 1.36. The van der Waals surface area contributed by atoms with E-state index in [0.717, 1.165) is 6.08 Å². The predicted octanol–water partition coefficient (Wildman–Crippen LogP) is 0.885. The highest BCUT2D eigenvalue weighted by Crippen LogP contribution is 2.26. The molecule has 8 heteroatoms.